The van der Waals surface area contributed by atoms with Crippen molar-refractivity contribution in [3.8, 4) is 0 Å². The number of benzene rings is 1. The fourth-order valence-corrected chi connectivity index (χ4v) is 3.70. The number of rotatable bonds is 5. The lowest BCUT2D eigenvalue weighted by Gasteiger charge is -2.27. The van der Waals surface area contributed by atoms with Gasteiger partial charge in [0.15, 0.2) is 5.11 Å². The zero-order valence-electron chi connectivity index (χ0n) is 16.7. The molecule has 1 aliphatic heterocycles. The molecule has 1 N–H and O–H groups in total. The van der Waals surface area contributed by atoms with E-state index in [0.29, 0.717) is 11.7 Å². The largest absolute Gasteiger partial charge is 0.463 e. The lowest BCUT2D eigenvalue weighted by molar-refractivity contribution is 0.0561. The van der Waals surface area contributed by atoms with Crippen LogP contribution in [0.5, 0.6) is 0 Å². The van der Waals surface area contributed by atoms with Crippen LogP contribution in [0.1, 0.15) is 41.3 Å². The van der Waals surface area contributed by atoms with Gasteiger partial charge in [0.05, 0.1) is 19.7 Å². The molecule has 1 fully saturated rings. The summed E-state index contributed by atoms with van der Waals surface area (Å²) in [6, 6.07) is 9.91. The molecule has 1 atom stereocenters. The Kier molecular flexibility index (Phi) is 7.22. The summed E-state index contributed by atoms with van der Waals surface area (Å²) in [5.74, 6) is 0.250. The molecule has 0 spiro atoms. The zero-order valence-corrected chi connectivity index (χ0v) is 17.5. The first-order valence-corrected chi connectivity index (χ1v) is 10.1. The first-order valence-electron chi connectivity index (χ1n) is 9.66. The molecule has 1 aromatic heterocycles. The van der Waals surface area contributed by atoms with Crippen molar-refractivity contribution >= 4 is 23.3 Å². The fraction of sp³-hybridized carbons (Fsp3) is 0.429. The van der Waals surface area contributed by atoms with Gasteiger partial charge in [-0.05, 0) is 55.4 Å². The smallest absolute Gasteiger partial charge is 0.373 e. The van der Waals surface area contributed by atoms with Crippen LogP contribution in [-0.4, -0.2) is 54.2 Å². The summed E-state index contributed by atoms with van der Waals surface area (Å²) in [6.07, 6.45) is 0.970. The van der Waals surface area contributed by atoms with E-state index in [0.717, 1.165) is 43.9 Å². The minimum Gasteiger partial charge on any atom is -0.463 e. The molecule has 0 amide bonds. The number of carbonyl (C=O) groups excluding carboxylic acids is 1. The topological polar surface area (TPSA) is 58.0 Å². The van der Waals surface area contributed by atoms with Gasteiger partial charge in [-0.25, -0.2) is 9.18 Å². The van der Waals surface area contributed by atoms with Crippen LogP contribution in [0.25, 0.3) is 0 Å². The number of ether oxygens (including phenoxy) is 1. The molecule has 1 saturated heterocycles. The van der Waals surface area contributed by atoms with Gasteiger partial charge in [0.25, 0.3) is 0 Å². The number of esters is 1. The van der Waals surface area contributed by atoms with Crippen LogP contribution in [-0.2, 0) is 11.3 Å². The molecule has 6 nitrogen and oxygen atoms in total. The maximum atomic E-state index is 13.1. The molecule has 1 aromatic carbocycles. The molecule has 2 aromatic rings. The van der Waals surface area contributed by atoms with Gasteiger partial charge in [-0.1, -0.05) is 12.1 Å². The van der Waals surface area contributed by atoms with E-state index >= 15 is 0 Å². The maximum Gasteiger partial charge on any atom is 0.373 e. The van der Waals surface area contributed by atoms with Crippen molar-refractivity contribution in [1.82, 2.24) is 15.1 Å². The summed E-state index contributed by atoms with van der Waals surface area (Å²) in [7, 11) is 1.34. The van der Waals surface area contributed by atoms with E-state index in [-0.39, 0.29) is 17.6 Å². The SMILES string of the molecule is COC(=O)c1ccc(CN2CCCN(C(=S)NC(C)c3ccc(F)cc3)CC2)o1. The van der Waals surface area contributed by atoms with Crippen molar-refractivity contribution in [2.45, 2.75) is 25.9 Å². The average molecular weight is 420 g/mol. The third-order valence-electron chi connectivity index (χ3n) is 5.01. The fourth-order valence-electron chi connectivity index (χ4n) is 3.34. The Labute approximate surface area is 175 Å². The van der Waals surface area contributed by atoms with Gasteiger partial charge >= 0.3 is 5.97 Å². The van der Waals surface area contributed by atoms with E-state index in [2.05, 4.69) is 19.9 Å². The van der Waals surface area contributed by atoms with E-state index in [1.165, 1.54) is 19.2 Å². The minimum absolute atomic E-state index is 0.00215. The Balaban J connectivity index is 1.51. The summed E-state index contributed by atoms with van der Waals surface area (Å²) < 4.78 is 23.4. The van der Waals surface area contributed by atoms with E-state index in [4.69, 9.17) is 16.6 Å². The lowest BCUT2D eigenvalue weighted by Crippen LogP contribution is -2.42. The van der Waals surface area contributed by atoms with E-state index in [1.807, 2.05) is 13.0 Å². The molecule has 29 heavy (non-hydrogen) atoms. The Morgan fingerprint density at radius 1 is 1.21 bits per heavy atom. The highest BCUT2D eigenvalue weighted by molar-refractivity contribution is 7.80. The Morgan fingerprint density at radius 2 is 1.97 bits per heavy atom. The summed E-state index contributed by atoms with van der Waals surface area (Å²) in [4.78, 5) is 16.0. The van der Waals surface area contributed by atoms with Crippen LogP contribution in [0.3, 0.4) is 0 Å². The Hall–Kier alpha value is -2.45. The number of methoxy groups -OCH3 is 1. The molecule has 0 bridgehead atoms. The van der Waals surface area contributed by atoms with Crippen LogP contribution < -0.4 is 5.32 Å². The van der Waals surface area contributed by atoms with Gasteiger partial charge in [0, 0.05) is 26.2 Å². The first-order chi connectivity index (χ1) is 14.0. The standard InChI is InChI=1S/C21H26FN3O3S/c1-15(16-4-6-17(22)7-5-16)23-21(29)25-11-3-10-24(12-13-25)14-18-8-9-19(28-18)20(26)27-2/h4-9,15H,3,10-14H2,1-2H3,(H,23,29). The summed E-state index contributed by atoms with van der Waals surface area (Å²) in [5, 5.41) is 4.05. The number of nitrogens with zero attached hydrogens (tertiary/aromatic N) is 2. The highest BCUT2D eigenvalue weighted by atomic mass is 32.1. The normalized spacial score (nSPS) is 16.2. The molecule has 0 radical (unpaired) electrons. The van der Waals surface area contributed by atoms with Crippen LogP contribution in [0.15, 0.2) is 40.8 Å². The van der Waals surface area contributed by atoms with Crippen molar-refractivity contribution in [3.63, 3.8) is 0 Å². The monoisotopic (exact) mass is 419 g/mol. The highest BCUT2D eigenvalue weighted by Gasteiger charge is 2.20. The van der Waals surface area contributed by atoms with Crippen LogP contribution in [0, 0.1) is 5.82 Å². The van der Waals surface area contributed by atoms with Crippen molar-refractivity contribution in [1.29, 1.82) is 0 Å². The second-order valence-electron chi connectivity index (χ2n) is 7.10. The van der Waals surface area contributed by atoms with Crippen molar-refractivity contribution < 1.29 is 18.3 Å². The predicted octanol–water partition coefficient (Wildman–Crippen LogP) is 3.35. The molecule has 1 unspecified atom stereocenters. The predicted molar refractivity (Wildman–Crippen MR) is 112 cm³/mol. The van der Waals surface area contributed by atoms with Gasteiger partial charge in [-0.2, -0.15) is 0 Å². The number of furan rings is 1. The molecular weight excluding hydrogens is 393 g/mol. The molecule has 3 rings (SSSR count). The molecule has 0 aliphatic carbocycles. The number of halogens is 1. The third kappa shape index (κ3) is 5.77. The van der Waals surface area contributed by atoms with Gasteiger partial charge in [-0.3, -0.25) is 4.90 Å². The molecule has 1 aliphatic rings. The summed E-state index contributed by atoms with van der Waals surface area (Å²) in [5.41, 5.74) is 0.990. The van der Waals surface area contributed by atoms with Gasteiger partial charge < -0.3 is 19.4 Å². The summed E-state index contributed by atoms with van der Waals surface area (Å²) >= 11 is 5.60. The highest BCUT2D eigenvalue weighted by Crippen LogP contribution is 2.16. The van der Waals surface area contributed by atoms with Crippen molar-refractivity contribution in [2.75, 3.05) is 33.3 Å². The number of nitrogens with one attached hydrogen (secondary N) is 1. The number of hydrogen-bond acceptors (Lipinski definition) is 5. The van der Waals surface area contributed by atoms with Crippen LogP contribution in [0.2, 0.25) is 0 Å². The number of hydrogen-bond donors (Lipinski definition) is 1. The van der Waals surface area contributed by atoms with E-state index in [1.54, 1.807) is 18.2 Å². The quantitative estimate of drug-likeness (QED) is 0.589. The molecule has 2 heterocycles. The summed E-state index contributed by atoms with van der Waals surface area (Å²) in [6.45, 7) is 6.06. The lowest BCUT2D eigenvalue weighted by atomic mass is 10.1. The van der Waals surface area contributed by atoms with Gasteiger partial charge in [-0.15, -0.1) is 0 Å². The Morgan fingerprint density at radius 3 is 2.69 bits per heavy atom. The molecule has 156 valence electrons. The van der Waals surface area contributed by atoms with E-state index in [9.17, 15) is 9.18 Å². The third-order valence-corrected chi connectivity index (χ3v) is 5.39. The second-order valence-corrected chi connectivity index (χ2v) is 7.48. The Bertz CT molecular complexity index is 840. The number of carbonyl (C=O) groups is 1. The van der Waals surface area contributed by atoms with Gasteiger partial charge in [0.2, 0.25) is 5.76 Å². The first kappa shape index (κ1) is 21.3. The van der Waals surface area contributed by atoms with Crippen molar-refractivity contribution in [2.24, 2.45) is 0 Å². The van der Waals surface area contributed by atoms with E-state index < -0.39 is 5.97 Å². The minimum atomic E-state index is -0.468. The van der Waals surface area contributed by atoms with Crippen molar-refractivity contribution in [3.05, 3.63) is 59.3 Å². The zero-order chi connectivity index (χ0) is 20.8. The molecule has 0 saturated carbocycles. The average Bonchev–Trinajstić information content (AvgIpc) is 3.05. The van der Waals surface area contributed by atoms with Crippen LogP contribution in [0.4, 0.5) is 4.39 Å². The maximum absolute atomic E-state index is 13.1. The van der Waals surface area contributed by atoms with Crippen LogP contribution >= 0.6 is 12.2 Å². The number of thiocarbonyl (C=S) groups is 1. The molecular formula is C21H26FN3O3S. The van der Waals surface area contributed by atoms with Gasteiger partial charge in [0.1, 0.15) is 11.6 Å². The second kappa shape index (κ2) is 9.84. The molecule has 8 heteroatoms.